The van der Waals surface area contributed by atoms with E-state index in [4.69, 9.17) is 10.5 Å². The third-order valence-corrected chi connectivity index (χ3v) is 4.16. The van der Waals surface area contributed by atoms with Crippen molar-refractivity contribution < 1.29 is 28.8 Å². The molecule has 0 aliphatic carbocycles. The molecule has 0 spiro atoms. The molecule has 0 aromatic carbocycles. The molecule has 2 aromatic rings. The zero-order chi connectivity index (χ0) is 19.2. The number of ether oxygens (including phenoxy) is 1. The van der Waals surface area contributed by atoms with Crippen LogP contribution in [0.25, 0.3) is 11.0 Å². The maximum atomic E-state index is 14.2. The zero-order valence-corrected chi connectivity index (χ0v) is 13.5. The first-order valence-electron chi connectivity index (χ1n) is 7.56. The highest BCUT2D eigenvalue weighted by Gasteiger charge is 2.57. The molecule has 0 saturated carbocycles. The van der Waals surface area contributed by atoms with Crippen molar-refractivity contribution in [3.8, 4) is 11.8 Å². The number of hydrogen-bond acceptors (Lipinski definition) is 7. The number of halogens is 2. The topological polar surface area (TPSA) is 147 Å². The third kappa shape index (κ3) is 2.63. The van der Waals surface area contributed by atoms with Gasteiger partial charge in [-0.05, 0) is 6.92 Å². The van der Waals surface area contributed by atoms with Crippen molar-refractivity contribution in [1.82, 2.24) is 14.5 Å². The Bertz CT molecular complexity index is 963. The fraction of sp³-hybridized carbons (Fsp3) is 0.467. The molecule has 2 aromatic heterocycles. The lowest BCUT2D eigenvalue weighted by Crippen LogP contribution is -2.47. The number of aromatic amines is 1. The maximum Gasteiger partial charge on any atom is 0.264 e. The summed E-state index contributed by atoms with van der Waals surface area (Å²) in [6.45, 7) is 0.182. The van der Waals surface area contributed by atoms with Crippen LogP contribution in [0.4, 0.5) is 14.7 Å². The van der Waals surface area contributed by atoms with E-state index in [9.17, 15) is 28.9 Å². The molecule has 1 unspecified atom stereocenters. The second-order valence-corrected chi connectivity index (χ2v) is 5.93. The molecular weight excluding hydrogens is 354 g/mol. The monoisotopic (exact) mass is 370 g/mol. The van der Waals surface area contributed by atoms with Gasteiger partial charge in [0, 0.05) is 6.20 Å². The number of aliphatic hydroxyl groups excluding tert-OH is 2. The highest BCUT2D eigenvalue weighted by Crippen LogP contribution is 2.41. The Morgan fingerprint density at radius 3 is 2.92 bits per heavy atom. The lowest BCUT2D eigenvalue weighted by molar-refractivity contribution is -0.0846. The average molecular weight is 370 g/mol. The summed E-state index contributed by atoms with van der Waals surface area (Å²) in [4.78, 5) is 17.9. The van der Waals surface area contributed by atoms with Crippen molar-refractivity contribution in [2.24, 2.45) is 0 Å². The van der Waals surface area contributed by atoms with Gasteiger partial charge >= 0.3 is 0 Å². The van der Waals surface area contributed by atoms with Crippen LogP contribution in [0.1, 0.15) is 13.2 Å². The third-order valence-electron chi connectivity index (χ3n) is 4.16. The minimum atomic E-state index is -2.40. The van der Waals surface area contributed by atoms with E-state index >= 15 is 0 Å². The van der Waals surface area contributed by atoms with Crippen LogP contribution in [0.2, 0.25) is 0 Å². The number of rotatable bonds is 2. The fourth-order valence-corrected chi connectivity index (χ4v) is 3.00. The predicted molar refractivity (Wildman–Crippen MR) is 85.0 cm³/mol. The second-order valence-electron chi connectivity index (χ2n) is 5.93. The molecule has 1 aliphatic heterocycles. The Hall–Kier alpha value is -2.52. The molecule has 0 bridgehead atoms. The van der Waals surface area contributed by atoms with E-state index in [1.165, 1.54) is 6.92 Å². The summed E-state index contributed by atoms with van der Waals surface area (Å²) in [5.41, 5.74) is 1.96. The van der Waals surface area contributed by atoms with Gasteiger partial charge in [0.1, 0.15) is 24.3 Å². The van der Waals surface area contributed by atoms with Crippen molar-refractivity contribution in [2.75, 3.05) is 12.4 Å². The summed E-state index contributed by atoms with van der Waals surface area (Å²) in [7, 11) is 0. The number of nitrogen functional groups attached to an aromatic ring is 1. The number of nitrogens with zero attached hydrogens (tertiary/aromatic N) is 2. The van der Waals surface area contributed by atoms with E-state index in [-0.39, 0.29) is 11.6 Å². The molecule has 0 amide bonds. The van der Waals surface area contributed by atoms with Crippen molar-refractivity contribution in [3.05, 3.63) is 22.4 Å². The van der Waals surface area contributed by atoms with Crippen LogP contribution < -0.4 is 11.3 Å². The molecule has 3 rings (SSSR count). The van der Waals surface area contributed by atoms with Gasteiger partial charge in [0.05, 0.1) is 6.10 Å². The van der Waals surface area contributed by atoms with E-state index < -0.39 is 53.6 Å². The second kappa shape index (κ2) is 6.33. The van der Waals surface area contributed by atoms with Crippen LogP contribution in [0, 0.1) is 17.7 Å². The Balaban J connectivity index is 2.24. The van der Waals surface area contributed by atoms with E-state index in [0.29, 0.717) is 0 Å². The molecule has 1 aliphatic rings. The molecule has 9 nitrogen and oxygen atoms in total. The van der Waals surface area contributed by atoms with Gasteiger partial charge in [-0.15, -0.1) is 0 Å². The number of aromatic nitrogens is 3. The first kappa shape index (κ1) is 18.3. The number of fused-ring (bicyclic) bond motifs is 1. The van der Waals surface area contributed by atoms with Gasteiger partial charge in [0.15, 0.2) is 23.3 Å². The Morgan fingerprint density at radius 1 is 1.62 bits per heavy atom. The van der Waals surface area contributed by atoms with E-state index in [0.717, 1.165) is 10.8 Å². The van der Waals surface area contributed by atoms with Gasteiger partial charge in [-0.1, -0.05) is 11.8 Å². The zero-order valence-electron chi connectivity index (χ0n) is 13.5. The molecule has 3 heterocycles. The summed E-state index contributed by atoms with van der Waals surface area (Å²) in [6.07, 6.45) is -5.06. The van der Waals surface area contributed by atoms with Crippen LogP contribution in [0.15, 0.2) is 11.0 Å². The summed E-state index contributed by atoms with van der Waals surface area (Å²) in [5, 5.41) is 30.5. The Kier molecular flexibility index (Phi) is 4.45. The minimum Gasteiger partial charge on any atom is -0.391 e. The van der Waals surface area contributed by atoms with Gasteiger partial charge in [-0.3, -0.25) is 14.3 Å². The molecule has 1 saturated heterocycles. The SMILES string of the molecule is C[C@@H](O)[C@H]1O[C@@H](n2cc(F)c3c(=O)[nH]c(N)nc32)[C@@](O)(C#CCF)C1O. The van der Waals surface area contributed by atoms with Gasteiger partial charge in [0.25, 0.3) is 5.56 Å². The molecule has 5 atom stereocenters. The van der Waals surface area contributed by atoms with Crippen LogP contribution in [-0.4, -0.2) is 60.4 Å². The fourth-order valence-electron chi connectivity index (χ4n) is 3.00. The average Bonchev–Trinajstić information content (AvgIpc) is 3.01. The summed E-state index contributed by atoms with van der Waals surface area (Å²) in [5.74, 6) is 2.85. The van der Waals surface area contributed by atoms with Crippen LogP contribution >= 0.6 is 0 Å². The molecule has 11 heteroatoms. The van der Waals surface area contributed by atoms with Crippen molar-refractivity contribution in [2.45, 2.75) is 37.1 Å². The normalized spacial score (nSPS) is 29.5. The lowest BCUT2D eigenvalue weighted by atomic mass is 9.92. The van der Waals surface area contributed by atoms with Gasteiger partial charge in [0.2, 0.25) is 5.95 Å². The standard InChI is InChI=1S/C15H16F2N4O5/c1-6(22)9-10(23)15(25,3-2-4-16)13(26-9)21-5-7(17)8-11(21)19-14(18)20-12(8)24/h5-6,9-10,13,22-23,25H,4H2,1H3,(H3,18,19,20,24)/t6-,9-,10?,13-,15-/m1/s1. The van der Waals surface area contributed by atoms with Crippen molar-refractivity contribution in [3.63, 3.8) is 0 Å². The first-order chi connectivity index (χ1) is 12.2. The van der Waals surface area contributed by atoms with Crippen LogP contribution in [0.3, 0.4) is 0 Å². The molecular formula is C15H16F2N4O5. The molecule has 6 N–H and O–H groups in total. The quantitative estimate of drug-likeness (QED) is 0.417. The molecule has 1 fully saturated rings. The van der Waals surface area contributed by atoms with E-state index in [1.807, 2.05) is 5.92 Å². The van der Waals surface area contributed by atoms with E-state index in [2.05, 4.69) is 15.9 Å². The number of aliphatic hydroxyl groups is 3. The highest BCUT2D eigenvalue weighted by molar-refractivity contribution is 5.77. The number of H-pyrrole nitrogens is 1. The number of anilines is 1. The number of hydrogen-bond donors (Lipinski definition) is 5. The number of nitrogens with two attached hydrogens (primary N) is 1. The van der Waals surface area contributed by atoms with E-state index in [1.54, 1.807) is 0 Å². The van der Waals surface area contributed by atoms with Crippen LogP contribution in [-0.2, 0) is 4.74 Å². The Labute approximate surface area is 145 Å². The predicted octanol–water partition coefficient (Wildman–Crippen LogP) is -1.21. The molecule has 140 valence electrons. The minimum absolute atomic E-state index is 0.271. The highest BCUT2D eigenvalue weighted by atomic mass is 19.1. The largest absolute Gasteiger partial charge is 0.391 e. The smallest absolute Gasteiger partial charge is 0.264 e. The lowest BCUT2D eigenvalue weighted by Gasteiger charge is -2.26. The maximum absolute atomic E-state index is 14.2. The molecule has 26 heavy (non-hydrogen) atoms. The van der Waals surface area contributed by atoms with Gasteiger partial charge < -0.3 is 25.8 Å². The van der Waals surface area contributed by atoms with Crippen molar-refractivity contribution in [1.29, 1.82) is 0 Å². The summed E-state index contributed by atoms with van der Waals surface area (Å²) >= 11 is 0. The number of nitrogens with one attached hydrogen (secondary N) is 1. The Morgan fingerprint density at radius 2 is 2.31 bits per heavy atom. The van der Waals surface area contributed by atoms with Crippen LogP contribution in [0.5, 0.6) is 0 Å². The summed E-state index contributed by atoms with van der Waals surface area (Å²) in [6, 6.07) is 0. The number of alkyl halides is 1. The molecule has 0 radical (unpaired) electrons. The summed E-state index contributed by atoms with van der Waals surface area (Å²) < 4.78 is 33.1. The first-order valence-corrected chi connectivity index (χ1v) is 7.56. The van der Waals surface area contributed by atoms with Crippen molar-refractivity contribution >= 4 is 17.0 Å². The van der Waals surface area contributed by atoms with Gasteiger partial charge in [-0.25, -0.2) is 8.78 Å². The van der Waals surface area contributed by atoms with Gasteiger partial charge in [-0.2, -0.15) is 4.98 Å².